The van der Waals surface area contributed by atoms with Crippen LogP contribution in [0.3, 0.4) is 0 Å². The lowest BCUT2D eigenvalue weighted by Gasteiger charge is -2.08. The van der Waals surface area contributed by atoms with Crippen LogP contribution in [0.4, 0.5) is 5.95 Å². The molecule has 1 aromatic carbocycles. The first-order chi connectivity index (χ1) is 9.19. The van der Waals surface area contributed by atoms with Crippen LogP contribution >= 0.6 is 11.6 Å². The van der Waals surface area contributed by atoms with E-state index in [1.165, 1.54) is 0 Å². The maximum absolute atomic E-state index is 6.16. The highest BCUT2D eigenvalue weighted by molar-refractivity contribution is 6.32. The monoisotopic (exact) mass is 280 g/mol. The highest BCUT2D eigenvalue weighted by Gasteiger charge is 2.04. The number of hydrogen-bond acceptors (Lipinski definition) is 4. The number of nitrogens with zero attached hydrogens (tertiary/aromatic N) is 2. The van der Waals surface area contributed by atoms with Crippen LogP contribution < -0.4 is 10.1 Å². The number of benzene rings is 1. The van der Waals surface area contributed by atoms with Crippen LogP contribution in [0.5, 0.6) is 5.75 Å². The summed E-state index contributed by atoms with van der Waals surface area (Å²) < 4.78 is 5.53. The molecule has 5 nitrogen and oxygen atoms in total. The Bertz CT molecular complexity index is 541. The molecule has 1 aromatic heterocycles. The summed E-state index contributed by atoms with van der Waals surface area (Å²) in [6.45, 7) is 5.21. The largest absolute Gasteiger partial charge is 0.492 e. The maximum Gasteiger partial charge on any atom is 0.242 e. The van der Waals surface area contributed by atoms with Gasteiger partial charge in [0.2, 0.25) is 5.95 Å². The van der Waals surface area contributed by atoms with E-state index in [0.717, 1.165) is 23.6 Å². The third kappa shape index (κ3) is 3.86. The average molecular weight is 281 g/mol. The number of anilines is 1. The van der Waals surface area contributed by atoms with Crippen molar-refractivity contribution in [3.63, 3.8) is 0 Å². The van der Waals surface area contributed by atoms with E-state index < -0.39 is 0 Å². The van der Waals surface area contributed by atoms with Gasteiger partial charge in [-0.15, -0.1) is 5.10 Å². The number of aryl methyl sites for hydroxylation is 1. The van der Waals surface area contributed by atoms with E-state index in [1.54, 1.807) is 0 Å². The summed E-state index contributed by atoms with van der Waals surface area (Å²) >= 11 is 6.16. The van der Waals surface area contributed by atoms with E-state index in [2.05, 4.69) is 27.4 Å². The SMILES string of the molecule is CCCOc1ccc(CNc2n[nH]c(C)n2)cc1Cl. The molecule has 2 aromatic rings. The van der Waals surface area contributed by atoms with Gasteiger partial charge in [0.1, 0.15) is 11.6 Å². The van der Waals surface area contributed by atoms with Gasteiger partial charge in [0.15, 0.2) is 0 Å². The van der Waals surface area contributed by atoms with Crippen LogP contribution in [0.2, 0.25) is 5.02 Å². The second kappa shape index (κ2) is 6.43. The Hall–Kier alpha value is -1.75. The van der Waals surface area contributed by atoms with Gasteiger partial charge in [0.05, 0.1) is 11.6 Å². The minimum atomic E-state index is 0.583. The smallest absolute Gasteiger partial charge is 0.242 e. The molecule has 6 heteroatoms. The van der Waals surface area contributed by atoms with Gasteiger partial charge in [-0.25, -0.2) is 0 Å². The fraction of sp³-hybridized carbons (Fsp3) is 0.385. The molecule has 0 amide bonds. The zero-order valence-corrected chi connectivity index (χ0v) is 11.8. The second-order valence-corrected chi connectivity index (χ2v) is 4.62. The first-order valence-corrected chi connectivity index (χ1v) is 6.61. The number of hydrogen-bond donors (Lipinski definition) is 2. The fourth-order valence-corrected chi connectivity index (χ4v) is 1.84. The summed E-state index contributed by atoms with van der Waals surface area (Å²) in [6, 6.07) is 5.75. The number of rotatable bonds is 6. The standard InChI is InChI=1S/C13H17ClN4O/c1-3-6-19-12-5-4-10(7-11(12)14)8-15-13-16-9(2)17-18-13/h4-5,7H,3,6,8H2,1-2H3,(H2,15,16,17,18). The fourth-order valence-electron chi connectivity index (χ4n) is 1.59. The van der Waals surface area contributed by atoms with Gasteiger partial charge in [-0.05, 0) is 31.0 Å². The third-order valence-electron chi connectivity index (χ3n) is 2.51. The predicted octanol–water partition coefficient (Wildman–Crippen LogP) is 3.17. The van der Waals surface area contributed by atoms with Crippen molar-refractivity contribution in [3.05, 3.63) is 34.6 Å². The molecule has 0 aliphatic heterocycles. The van der Waals surface area contributed by atoms with Gasteiger partial charge in [-0.1, -0.05) is 24.6 Å². The molecule has 0 saturated carbocycles. The van der Waals surface area contributed by atoms with Crippen molar-refractivity contribution >= 4 is 17.5 Å². The van der Waals surface area contributed by atoms with E-state index in [0.29, 0.717) is 24.1 Å². The lowest BCUT2D eigenvalue weighted by atomic mass is 10.2. The van der Waals surface area contributed by atoms with Crippen molar-refractivity contribution in [2.75, 3.05) is 11.9 Å². The van der Waals surface area contributed by atoms with Crippen LogP contribution in [-0.4, -0.2) is 21.8 Å². The van der Waals surface area contributed by atoms with Crippen LogP contribution in [0.1, 0.15) is 24.7 Å². The van der Waals surface area contributed by atoms with E-state index in [-0.39, 0.29) is 0 Å². The molecule has 0 atom stereocenters. The van der Waals surface area contributed by atoms with E-state index >= 15 is 0 Å². The van der Waals surface area contributed by atoms with Crippen molar-refractivity contribution in [1.82, 2.24) is 15.2 Å². The number of nitrogens with one attached hydrogen (secondary N) is 2. The molecule has 2 N–H and O–H groups in total. The summed E-state index contributed by atoms with van der Waals surface area (Å²) in [6.07, 6.45) is 0.962. The minimum Gasteiger partial charge on any atom is -0.492 e. The molecule has 0 saturated heterocycles. The quantitative estimate of drug-likeness (QED) is 0.853. The van der Waals surface area contributed by atoms with Crippen LogP contribution in [0.25, 0.3) is 0 Å². The van der Waals surface area contributed by atoms with E-state index in [1.807, 2.05) is 25.1 Å². The zero-order chi connectivity index (χ0) is 13.7. The molecular weight excluding hydrogens is 264 g/mol. The topological polar surface area (TPSA) is 62.8 Å². The molecule has 0 fully saturated rings. The van der Waals surface area contributed by atoms with E-state index in [9.17, 15) is 0 Å². The van der Waals surface area contributed by atoms with Gasteiger partial charge in [-0.3, -0.25) is 5.10 Å². The molecule has 0 radical (unpaired) electrons. The first kappa shape index (κ1) is 13.7. The molecule has 0 aliphatic rings. The number of ether oxygens (including phenoxy) is 1. The van der Waals surface area contributed by atoms with Gasteiger partial charge in [0.25, 0.3) is 0 Å². The van der Waals surface area contributed by atoms with Crippen LogP contribution in [-0.2, 0) is 6.54 Å². The molecule has 0 bridgehead atoms. The van der Waals surface area contributed by atoms with Crippen molar-refractivity contribution in [3.8, 4) is 5.75 Å². The normalized spacial score (nSPS) is 10.5. The molecule has 19 heavy (non-hydrogen) atoms. The number of H-pyrrole nitrogens is 1. The van der Waals surface area contributed by atoms with Gasteiger partial charge >= 0.3 is 0 Å². The highest BCUT2D eigenvalue weighted by Crippen LogP contribution is 2.25. The Morgan fingerprint density at radius 3 is 2.89 bits per heavy atom. The zero-order valence-electron chi connectivity index (χ0n) is 11.0. The molecule has 0 aliphatic carbocycles. The Morgan fingerprint density at radius 1 is 1.42 bits per heavy atom. The Labute approximate surface area is 117 Å². The molecule has 102 valence electrons. The Kier molecular flexibility index (Phi) is 4.63. The summed E-state index contributed by atoms with van der Waals surface area (Å²) in [5.74, 6) is 2.09. The molecule has 1 heterocycles. The van der Waals surface area contributed by atoms with Crippen molar-refractivity contribution in [2.45, 2.75) is 26.8 Å². The van der Waals surface area contributed by atoms with Crippen LogP contribution in [0, 0.1) is 6.92 Å². The summed E-state index contributed by atoms with van der Waals surface area (Å²) in [5.41, 5.74) is 1.05. The predicted molar refractivity (Wildman–Crippen MR) is 75.7 cm³/mol. The average Bonchev–Trinajstić information content (AvgIpc) is 2.81. The summed E-state index contributed by atoms with van der Waals surface area (Å²) in [5, 5.41) is 10.5. The molecule has 2 rings (SSSR count). The third-order valence-corrected chi connectivity index (χ3v) is 2.80. The number of aromatic nitrogens is 3. The second-order valence-electron chi connectivity index (χ2n) is 4.21. The summed E-state index contributed by atoms with van der Waals surface area (Å²) in [7, 11) is 0. The number of aromatic amines is 1. The van der Waals surface area contributed by atoms with Gasteiger partial charge in [0, 0.05) is 6.54 Å². The first-order valence-electron chi connectivity index (χ1n) is 6.23. The maximum atomic E-state index is 6.16. The Balaban J connectivity index is 1.95. The van der Waals surface area contributed by atoms with Crippen molar-refractivity contribution < 1.29 is 4.74 Å². The van der Waals surface area contributed by atoms with Gasteiger partial charge < -0.3 is 10.1 Å². The van der Waals surface area contributed by atoms with Crippen LogP contribution in [0.15, 0.2) is 18.2 Å². The Morgan fingerprint density at radius 2 is 2.26 bits per heavy atom. The van der Waals surface area contributed by atoms with Gasteiger partial charge in [-0.2, -0.15) is 4.98 Å². The van der Waals surface area contributed by atoms with Crippen molar-refractivity contribution in [1.29, 1.82) is 0 Å². The van der Waals surface area contributed by atoms with E-state index in [4.69, 9.17) is 16.3 Å². The minimum absolute atomic E-state index is 0.583. The lowest BCUT2D eigenvalue weighted by Crippen LogP contribution is -2.02. The highest BCUT2D eigenvalue weighted by atomic mass is 35.5. The summed E-state index contributed by atoms with van der Waals surface area (Å²) in [4.78, 5) is 4.17. The number of halogens is 1. The van der Waals surface area contributed by atoms with Crippen molar-refractivity contribution in [2.24, 2.45) is 0 Å². The molecule has 0 spiro atoms. The molecule has 0 unspecified atom stereocenters. The lowest BCUT2D eigenvalue weighted by molar-refractivity contribution is 0.317. The molecular formula is C13H17ClN4O.